The SMILES string of the molecule is C=c1[nH]n(C)c(=O)/c1=C/C=C1\N2CCCc3cccc(c32)C1(C)C. The summed E-state index contributed by atoms with van der Waals surface area (Å²) in [4.78, 5) is 14.6. The number of anilines is 1. The molecule has 4 nitrogen and oxygen atoms in total. The van der Waals surface area contributed by atoms with Gasteiger partial charge in [-0.3, -0.25) is 14.6 Å². The number of H-pyrrole nitrogens is 1. The second-order valence-electron chi connectivity index (χ2n) is 7.28. The number of para-hydroxylation sites is 1. The highest BCUT2D eigenvalue weighted by atomic mass is 16.1. The van der Waals surface area contributed by atoms with Gasteiger partial charge in [0.25, 0.3) is 5.56 Å². The van der Waals surface area contributed by atoms with Gasteiger partial charge >= 0.3 is 0 Å². The minimum Gasteiger partial charge on any atom is -0.344 e. The van der Waals surface area contributed by atoms with Crippen LogP contribution in [0.4, 0.5) is 5.69 Å². The Bertz CT molecular complexity index is 1020. The lowest BCUT2D eigenvalue weighted by Gasteiger charge is -2.30. The van der Waals surface area contributed by atoms with Crippen molar-refractivity contribution < 1.29 is 0 Å². The lowest BCUT2D eigenvalue weighted by Crippen LogP contribution is -2.34. The number of hydrogen-bond donors (Lipinski definition) is 1. The van der Waals surface area contributed by atoms with Gasteiger partial charge in [0.2, 0.25) is 0 Å². The topological polar surface area (TPSA) is 41.0 Å². The first kappa shape index (κ1) is 15.1. The molecule has 4 heteroatoms. The van der Waals surface area contributed by atoms with Crippen LogP contribution in [0.3, 0.4) is 0 Å². The summed E-state index contributed by atoms with van der Waals surface area (Å²) in [6.45, 7) is 9.50. The van der Waals surface area contributed by atoms with E-state index in [2.05, 4.69) is 54.7 Å². The summed E-state index contributed by atoms with van der Waals surface area (Å²) in [6, 6.07) is 6.64. The van der Waals surface area contributed by atoms with Crippen molar-refractivity contribution in [3.8, 4) is 0 Å². The van der Waals surface area contributed by atoms with E-state index in [4.69, 9.17) is 0 Å². The van der Waals surface area contributed by atoms with Crippen LogP contribution in [-0.2, 0) is 18.9 Å². The van der Waals surface area contributed by atoms with Crippen LogP contribution in [0.5, 0.6) is 0 Å². The Labute approximate surface area is 141 Å². The Hall–Kier alpha value is -2.49. The third-order valence-electron chi connectivity index (χ3n) is 5.39. The summed E-state index contributed by atoms with van der Waals surface area (Å²) in [6.07, 6.45) is 6.33. The highest BCUT2D eigenvalue weighted by Gasteiger charge is 2.41. The molecule has 2 aromatic rings. The van der Waals surface area contributed by atoms with Gasteiger partial charge in [0.05, 0.1) is 10.6 Å². The van der Waals surface area contributed by atoms with E-state index < -0.39 is 0 Å². The maximum Gasteiger partial charge on any atom is 0.274 e. The normalized spacial score (nSPS) is 20.7. The van der Waals surface area contributed by atoms with Gasteiger partial charge in [-0.25, -0.2) is 0 Å². The van der Waals surface area contributed by atoms with Crippen molar-refractivity contribution >= 4 is 18.3 Å². The number of aromatic nitrogens is 2. The summed E-state index contributed by atoms with van der Waals surface area (Å²) in [5.41, 5.74) is 5.36. The molecule has 2 aliphatic heterocycles. The van der Waals surface area contributed by atoms with Crippen molar-refractivity contribution in [2.24, 2.45) is 7.05 Å². The molecular weight excluding hydrogens is 298 g/mol. The van der Waals surface area contributed by atoms with Gasteiger partial charge in [-0.05, 0) is 36.1 Å². The predicted molar refractivity (Wildman–Crippen MR) is 98.5 cm³/mol. The van der Waals surface area contributed by atoms with E-state index in [-0.39, 0.29) is 11.0 Å². The van der Waals surface area contributed by atoms with Crippen molar-refractivity contribution in [1.29, 1.82) is 0 Å². The largest absolute Gasteiger partial charge is 0.344 e. The zero-order chi connectivity index (χ0) is 17.1. The lowest BCUT2D eigenvalue weighted by molar-refractivity contribution is 0.626. The van der Waals surface area contributed by atoms with Crippen molar-refractivity contribution in [3.05, 3.63) is 62.0 Å². The molecule has 24 heavy (non-hydrogen) atoms. The highest BCUT2D eigenvalue weighted by molar-refractivity contribution is 5.75. The van der Waals surface area contributed by atoms with Gasteiger partial charge in [-0.2, -0.15) is 0 Å². The van der Waals surface area contributed by atoms with E-state index in [1.54, 1.807) is 7.05 Å². The fourth-order valence-electron chi connectivity index (χ4n) is 4.13. The average Bonchev–Trinajstić information content (AvgIpc) is 2.92. The van der Waals surface area contributed by atoms with Crippen LogP contribution in [-0.4, -0.2) is 16.3 Å². The molecule has 124 valence electrons. The molecule has 0 atom stereocenters. The monoisotopic (exact) mass is 321 g/mol. The summed E-state index contributed by atoms with van der Waals surface area (Å²) in [5.74, 6) is 0. The minimum absolute atomic E-state index is 0.0375. The lowest BCUT2D eigenvalue weighted by atomic mass is 9.83. The third-order valence-corrected chi connectivity index (χ3v) is 5.39. The Morgan fingerprint density at radius 1 is 1.29 bits per heavy atom. The van der Waals surface area contributed by atoms with Gasteiger partial charge in [-0.15, -0.1) is 0 Å². The summed E-state index contributed by atoms with van der Waals surface area (Å²) in [7, 11) is 1.72. The Morgan fingerprint density at radius 3 is 2.79 bits per heavy atom. The Morgan fingerprint density at radius 2 is 2.08 bits per heavy atom. The minimum atomic E-state index is -0.0605. The van der Waals surface area contributed by atoms with E-state index in [9.17, 15) is 4.79 Å². The number of nitrogens with one attached hydrogen (secondary N) is 1. The molecule has 4 rings (SSSR count). The molecule has 0 amide bonds. The smallest absolute Gasteiger partial charge is 0.274 e. The van der Waals surface area contributed by atoms with Crippen molar-refractivity contribution in [2.75, 3.05) is 11.4 Å². The Kier molecular flexibility index (Phi) is 3.14. The molecule has 3 heterocycles. The summed E-state index contributed by atoms with van der Waals surface area (Å²) >= 11 is 0. The molecule has 2 aliphatic rings. The van der Waals surface area contributed by atoms with Crippen LogP contribution in [0.2, 0.25) is 0 Å². The Balaban J connectivity index is 1.92. The summed E-state index contributed by atoms with van der Waals surface area (Å²) < 4.78 is 1.47. The number of rotatable bonds is 1. The van der Waals surface area contributed by atoms with E-state index >= 15 is 0 Å². The molecule has 0 spiro atoms. The first-order valence-electron chi connectivity index (χ1n) is 8.47. The fraction of sp³-hybridized carbons (Fsp3) is 0.350. The molecular formula is C20H23N3O. The molecule has 1 N–H and O–H groups in total. The third kappa shape index (κ3) is 1.95. The first-order valence-corrected chi connectivity index (χ1v) is 8.47. The van der Waals surface area contributed by atoms with Gasteiger partial charge in [0, 0.05) is 30.4 Å². The quantitative estimate of drug-likeness (QED) is 0.865. The van der Waals surface area contributed by atoms with Crippen molar-refractivity contribution in [2.45, 2.75) is 32.1 Å². The van der Waals surface area contributed by atoms with Crippen LogP contribution in [0.15, 0.2) is 34.8 Å². The molecule has 0 unspecified atom stereocenters. The van der Waals surface area contributed by atoms with Crippen LogP contribution in [0.1, 0.15) is 31.4 Å². The van der Waals surface area contributed by atoms with Crippen molar-refractivity contribution in [1.82, 2.24) is 9.78 Å². The second kappa shape index (κ2) is 5.00. The van der Waals surface area contributed by atoms with Crippen molar-refractivity contribution in [3.63, 3.8) is 0 Å². The zero-order valence-corrected chi connectivity index (χ0v) is 14.5. The van der Waals surface area contributed by atoms with Crippen LogP contribution in [0, 0.1) is 0 Å². The standard InChI is InChI=1S/C20H23N3O/c1-13-15(19(24)22(4)21-13)10-11-17-20(2,3)16-9-5-7-14-8-6-12-23(17)18(14)16/h5,7,9-11,21H,1,6,8,12H2,2-4H3/b15-10+,17-11-. The van der Waals surface area contributed by atoms with Gasteiger partial charge < -0.3 is 4.90 Å². The maximum atomic E-state index is 12.2. The highest BCUT2D eigenvalue weighted by Crippen LogP contribution is 2.50. The molecule has 0 aliphatic carbocycles. The molecule has 0 saturated carbocycles. The summed E-state index contributed by atoms with van der Waals surface area (Å²) in [5, 5.41) is 4.25. The number of allylic oxidation sites excluding steroid dienone is 2. The van der Waals surface area contributed by atoms with Crippen LogP contribution >= 0.6 is 0 Å². The second-order valence-corrected chi connectivity index (χ2v) is 7.28. The number of benzene rings is 1. The predicted octanol–water partition coefficient (Wildman–Crippen LogP) is 1.53. The maximum absolute atomic E-state index is 12.2. The molecule has 1 aromatic heterocycles. The molecule has 1 aromatic carbocycles. The van der Waals surface area contributed by atoms with E-state index in [1.807, 2.05) is 6.08 Å². The fourth-order valence-corrected chi connectivity index (χ4v) is 4.13. The molecule has 0 fully saturated rings. The molecule has 0 radical (unpaired) electrons. The number of aromatic amines is 1. The van der Waals surface area contributed by atoms with Gasteiger partial charge in [0.15, 0.2) is 0 Å². The number of hydrogen-bond acceptors (Lipinski definition) is 2. The van der Waals surface area contributed by atoms with Crippen LogP contribution in [0.25, 0.3) is 12.7 Å². The van der Waals surface area contributed by atoms with Gasteiger partial charge in [0.1, 0.15) is 0 Å². The number of nitrogens with zero attached hydrogens (tertiary/aromatic N) is 2. The first-order chi connectivity index (χ1) is 11.4. The van der Waals surface area contributed by atoms with E-state index in [1.165, 1.54) is 27.2 Å². The van der Waals surface area contributed by atoms with E-state index in [0.717, 1.165) is 19.4 Å². The zero-order valence-electron chi connectivity index (χ0n) is 14.5. The molecule has 0 saturated heterocycles. The average molecular weight is 321 g/mol. The van der Waals surface area contributed by atoms with Gasteiger partial charge in [-0.1, -0.05) is 38.6 Å². The van der Waals surface area contributed by atoms with E-state index in [0.29, 0.717) is 10.6 Å². The molecule has 0 bridgehead atoms. The van der Waals surface area contributed by atoms with Crippen LogP contribution < -0.4 is 21.0 Å². The number of aryl methyl sites for hydroxylation is 2.